The van der Waals surface area contributed by atoms with E-state index in [0.29, 0.717) is 0 Å². The summed E-state index contributed by atoms with van der Waals surface area (Å²) in [5.74, 6) is -1.54. The zero-order valence-corrected chi connectivity index (χ0v) is 15.0. The highest BCUT2D eigenvalue weighted by Crippen LogP contribution is 2.14. The van der Waals surface area contributed by atoms with Crippen molar-refractivity contribution in [3.05, 3.63) is 59.9 Å². The van der Waals surface area contributed by atoms with Crippen LogP contribution in [0.2, 0.25) is 0 Å². The van der Waals surface area contributed by atoms with E-state index >= 15 is 0 Å². The number of sulfonamides is 1. The molecular formula is C17H18FN3O4S. The number of hydrogen-bond donors (Lipinski definition) is 2. The number of amides is 2. The Morgan fingerprint density at radius 3 is 2.31 bits per heavy atom. The minimum absolute atomic E-state index is 0.0582. The van der Waals surface area contributed by atoms with Crippen molar-refractivity contribution < 1.29 is 22.4 Å². The fraction of sp³-hybridized carbons (Fsp3) is 0.176. The first kappa shape index (κ1) is 19.5. The topological polar surface area (TPSA) is 95.6 Å². The summed E-state index contributed by atoms with van der Waals surface area (Å²) in [6.45, 7) is -0.312. The number of rotatable bonds is 6. The van der Waals surface area contributed by atoms with Crippen LogP contribution in [0.15, 0.2) is 53.4 Å². The van der Waals surface area contributed by atoms with E-state index < -0.39 is 27.7 Å². The molecule has 0 aliphatic carbocycles. The molecule has 2 N–H and O–H groups in total. The summed E-state index contributed by atoms with van der Waals surface area (Å²) >= 11 is 0. The van der Waals surface area contributed by atoms with Gasteiger partial charge in [-0.25, -0.2) is 17.1 Å². The summed E-state index contributed by atoms with van der Waals surface area (Å²) in [4.78, 5) is 23.9. The maximum Gasteiger partial charge on any atom is 0.251 e. The molecule has 2 aromatic rings. The molecule has 0 bridgehead atoms. The molecule has 0 spiro atoms. The van der Waals surface area contributed by atoms with Crippen molar-refractivity contribution in [2.75, 3.05) is 26.0 Å². The summed E-state index contributed by atoms with van der Waals surface area (Å²) in [6.07, 6.45) is 0. The van der Waals surface area contributed by atoms with Gasteiger partial charge < -0.3 is 10.6 Å². The third-order valence-corrected chi connectivity index (χ3v) is 5.24. The zero-order valence-electron chi connectivity index (χ0n) is 14.2. The maximum atomic E-state index is 13.1. The van der Waals surface area contributed by atoms with E-state index in [2.05, 4.69) is 10.6 Å². The first-order valence-corrected chi connectivity index (χ1v) is 9.00. The lowest BCUT2D eigenvalue weighted by Gasteiger charge is -2.11. The van der Waals surface area contributed by atoms with Gasteiger partial charge in [-0.1, -0.05) is 6.07 Å². The van der Waals surface area contributed by atoms with Gasteiger partial charge in [0.05, 0.1) is 11.4 Å². The predicted molar refractivity (Wildman–Crippen MR) is 94.7 cm³/mol. The molecule has 2 aromatic carbocycles. The molecule has 138 valence electrons. The minimum atomic E-state index is -3.58. The number of carbonyl (C=O) groups excluding carboxylic acids is 2. The highest BCUT2D eigenvalue weighted by molar-refractivity contribution is 7.89. The molecule has 2 amide bonds. The van der Waals surface area contributed by atoms with Crippen molar-refractivity contribution in [3.63, 3.8) is 0 Å². The SMILES string of the molecule is CN(C)S(=O)(=O)c1ccc(C(=O)NCC(=O)Nc2cccc(F)c2)cc1. The fourth-order valence-corrected chi connectivity index (χ4v) is 2.92. The van der Waals surface area contributed by atoms with Crippen molar-refractivity contribution >= 4 is 27.5 Å². The van der Waals surface area contributed by atoms with Gasteiger partial charge in [-0.15, -0.1) is 0 Å². The Kier molecular flexibility index (Phi) is 6.06. The molecule has 2 rings (SSSR count). The summed E-state index contributed by atoms with van der Waals surface area (Å²) < 4.78 is 38.1. The third-order valence-electron chi connectivity index (χ3n) is 3.41. The Hall–Kier alpha value is -2.78. The molecule has 0 saturated heterocycles. The molecule has 0 aliphatic heterocycles. The van der Waals surface area contributed by atoms with Crippen LogP contribution in [0.4, 0.5) is 10.1 Å². The van der Waals surface area contributed by atoms with E-state index in [0.717, 1.165) is 10.4 Å². The number of nitrogens with one attached hydrogen (secondary N) is 2. The standard InChI is InChI=1S/C17H18FN3O4S/c1-21(2)26(24,25)15-8-6-12(7-9-15)17(23)19-11-16(22)20-14-5-3-4-13(18)10-14/h3-10H,11H2,1-2H3,(H,19,23)(H,20,22). The van der Waals surface area contributed by atoms with Crippen LogP contribution in [0.25, 0.3) is 0 Å². The highest BCUT2D eigenvalue weighted by Gasteiger charge is 2.17. The normalized spacial score (nSPS) is 11.2. The van der Waals surface area contributed by atoms with Crippen molar-refractivity contribution in [3.8, 4) is 0 Å². The van der Waals surface area contributed by atoms with E-state index in [4.69, 9.17) is 0 Å². The molecule has 0 aromatic heterocycles. The van der Waals surface area contributed by atoms with Gasteiger partial charge in [0.25, 0.3) is 5.91 Å². The Labute approximate surface area is 150 Å². The van der Waals surface area contributed by atoms with E-state index in [9.17, 15) is 22.4 Å². The molecule has 0 saturated carbocycles. The number of carbonyl (C=O) groups is 2. The first-order valence-electron chi connectivity index (χ1n) is 7.56. The molecule has 9 heteroatoms. The van der Waals surface area contributed by atoms with Crippen LogP contribution in [0.3, 0.4) is 0 Å². The van der Waals surface area contributed by atoms with Crippen LogP contribution in [-0.4, -0.2) is 45.2 Å². The molecule has 0 atom stereocenters. The van der Waals surface area contributed by atoms with Gasteiger partial charge in [-0.2, -0.15) is 0 Å². The van der Waals surface area contributed by atoms with Crippen molar-refractivity contribution in [1.82, 2.24) is 9.62 Å². The van der Waals surface area contributed by atoms with Gasteiger partial charge in [0.2, 0.25) is 15.9 Å². The van der Waals surface area contributed by atoms with Crippen molar-refractivity contribution in [2.45, 2.75) is 4.90 Å². The lowest BCUT2D eigenvalue weighted by Crippen LogP contribution is -2.32. The molecule has 0 fully saturated rings. The van der Waals surface area contributed by atoms with E-state index in [-0.39, 0.29) is 22.7 Å². The Morgan fingerprint density at radius 2 is 1.73 bits per heavy atom. The van der Waals surface area contributed by atoms with Crippen LogP contribution in [0.5, 0.6) is 0 Å². The molecular weight excluding hydrogens is 361 g/mol. The summed E-state index contributed by atoms with van der Waals surface area (Å²) in [5, 5.41) is 4.86. The molecule has 0 radical (unpaired) electrons. The number of halogens is 1. The van der Waals surface area contributed by atoms with Gasteiger partial charge in [0, 0.05) is 25.3 Å². The van der Waals surface area contributed by atoms with Crippen LogP contribution in [0.1, 0.15) is 10.4 Å². The Morgan fingerprint density at radius 1 is 1.08 bits per heavy atom. The average molecular weight is 379 g/mol. The first-order chi connectivity index (χ1) is 12.2. The summed E-state index contributed by atoms with van der Waals surface area (Å²) in [6, 6.07) is 10.7. The van der Waals surface area contributed by atoms with Crippen molar-refractivity contribution in [2.24, 2.45) is 0 Å². The highest BCUT2D eigenvalue weighted by atomic mass is 32.2. The van der Waals surface area contributed by atoms with Crippen LogP contribution in [0, 0.1) is 5.82 Å². The summed E-state index contributed by atoms with van der Waals surface area (Å²) in [5.41, 5.74) is 0.490. The predicted octanol–water partition coefficient (Wildman–Crippen LogP) is 1.44. The monoisotopic (exact) mass is 379 g/mol. The smallest absolute Gasteiger partial charge is 0.251 e. The van der Waals surface area contributed by atoms with Crippen LogP contribution >= 0.6 is 0 Å². The fourth-order valence-electron chi connectivity index (χ4n) is 2.02. The number of anilines is 1. The molecule has 0 unspecified atom stereocenters. The van der Waals surface area contributed by atoms with Gasteiger partial charge in [0.15, 0.2) is 0 Å². The molecule has 0 heterocycles. The van der Waals surface area contributed by atoms with Gasteiger partial charge in [-0.05, 0) is 42.5 Å². The lowest BCUT2D eigenvalue weighted by molar-refractivity contribution is -0.115. The minimum Gasteiger partial charge on any atom is -0.343 e. The van der Waals surface area contributed by atoms with E-state index in [1.54, 1.807) is 0 Å². The van der Waals surface area contributed by atoms with Gasteiger partial charge in [0.1, 0.15) is 5.82 Å². The second-order valence-electron chi connectivity index (χ2n) is 5.55. The van der Waals surface area contributed by atoms with Crippen LogP contribution < -0.4 is 10.6 Å². The maximum absolute atomic E-state index is 13.1. The quantitative estimate of drug-likeness (QED) is 0.794. The zero-order chi connectivity index (χ0) is 19.3. The largest absolute Gasteiger partial charge is 0.343 e. The lowest BCUT2D eigenvalue weighted by atomic mass is 10.2. The third kappa shape index (κ3) is 4.87. The van der Waals surface area contributed by atoms with Crippen molar-refractivity contribution in [1.29, 1.82) is 0 Å². The second-order valence-corrected chi connectivity index (χ2v) is 7.70. The molecule has 7 nitrogen and oxygen atoms in total. The Bertz CT molecular complexity index is 912. The number of nitrogens with zero attached hydrogens (tertiary/aromatic N) is 1. The van der Waals surface area contributed by atoms with Gasteiger partial charge in [-0.3, -0.25) is 9.59 Å². The molecule has 26 heavy (non-hydrogen) atoms. The second kappa shape index (κ2) is 8.07. The van der Waals surface area contributed by atoms with E-state index in [1.807, 2.05) is 0 Å². The molecule has 0 aliphatic rings. The Balaban J connectivity index is 1.94. The summed E-state index contributed by atoms with van der Waals surface area (Å²) in [7, 11) is -0.757. The van der Waals surface area contributed by atoms with Crippen LogP contribution in [-0.2, 0) is 14.8 Å². The van der Waals surface area contributed by atoms with E-state index in [1.165, 1.54) is 56.6 Å². The number of benzene rings is 2. The van der Waals surface area contributed by atoms with Gasteiger partial charge >= 0.3 is 0 Å². The average Bonchev–Trinajstić information content (AvgIpc) is 2.59. The number of hydrogen-bond acceptors (Lipinski definition) is 4.